The number of hydrogen-bond donors (Lipinski definition) is 1. The maximum atomic E-state index is 11.6. The molecule has 1 N–H and O–H groups in total. The molecular weight excluding hydrogens is 266 g/mol. The van der Waals surface area contributed by atoms with Crippen molar-refractivity contribution in [1.29, 1.82) is 0 Å². The number of carbonyl (C=O) groups is 1. The highest BCUT2D eigenvalue weighted by Gasteiger charge is 2.23. The van der Waals surface area contributed by atoms with Gasteiger partial charge in [-0.05, 0) is 44.6 Å². The third-order valence-corrected chi connectivity index (χ3v) is 3.68. The Morgan fingerprint density at radius 1 is 1.38 bits per heavy atom. The summed E-state index contributed by atoms with van der Waals surface area (Å²) in [6, 6.07) is 5.53. The molecule has 1 unspecified atom stereocenters. The van der Waals surface area contributed by atoms with E-state index in [4.69, 9.17) is 0 Å². The number of carboxylic acids is 1. The molecule has 2 rings (SSSR count). The minimum atomic E-state index is -0.809. The number of hydrogen-bond acceptors (Lipinski definition) is 3. The maximum Gasteiger partial charge on any atom is 0.326 e. The molecule has 1 aromatic heterocycles. The minimum Gasteiger partial charge on any atom is -0.480 e. The van der Waals surface area contributed by atoms with E-state index >= 15 is 0 Å². The van der Waals surface area contributed by atoms with E-state index in [1.165, 1.54) is 5.56 Å². The van der Waals surface area contributed by atoms with Crippen LogP contribution in [0.4, 0.5) is 0 Å². The summed E-state index contributed by atoms with van der Waals surface area (Å²) < 4.78 is 1.87. The average molecular weight is 289 g/mol. The van der Waals surface area contributed by atoms with Gasteiger partial charge in [-0.2, -0.15) is 0 Å². The van der Waals surface area contributed by atoms with E-state index in [1.807, 2.05) is 36.6 Å². The molecule has 1 atom stereocenters. The van der Waals surface area contributed by atoms with Crippen molar-refractivity contribution in [2.75, 3.05) is 14.1 Å². The molecule has 5 nitrogen and oxygen atoms in total. The van der Waals surface area contributed by atoms with Gasteiger partial charge in [-0.1, -0.05) is 19.9 Å². The molecule has 114 valence electrons. The summed E-state index contributed by atoms with van der Waals surface area (Å²) in [7, 11) is 3.92. The lowest BCUT2D eigenvalue weighted by molar-refractivity contribution is -0.141. The second-order valence-corrected chi connectivity index (χ2v) is 5.57. The van der Waals surface area contributed by atoms with E-state index in [2.05, 4.69) is 24.0 Å². The van der Waals surface area contributed by atoms with Gasteiger partial charge < -0.3 is 14.6 Å². The Bertz CT molecular complexity index is 646. The maximum absolute atomic E-state index is 11.6. The number of fused-ring (bicyclic) bond motifs is 1. The number of nitrogens with zero attached hydrogens (tertiary/aromatic N) is 3. The van der Waals surface area contributed by atoms with Crippen LogP contribution in [0.3, 0.4) is 0 Å². The van der Waals surface area contributed by atoms with Crippen molar-refractivity contribution in [3.8, 4) is 0 Å². The summed E-state index contributed by atoms with van der Waals surface area (Å²) in [4.78, 5) is 18.2. The fraction of sp³-hybridized carbons (Fsp3) is 0.500. The molecule has 0 spiro atoms. The second kappa shape index (κ2) is 6.26. The van der Waals surface area contributed by atoms with Crippen LogP contribution in [0.25, 0.3) is 11.0 Å². The van der Waals surface area contributed by atoms with Crippen LogP contribution in [0.1, 0.15) is 37.7 Å². The summed E-state index contributed by atoms with van der Waals surface area (Å²) in [5.41, 5.74) is 3.00. The number of rotatable bonds is 6. The number of aliphatic carboxylic acids is 1. The van der Waals surface area contributed by atoms with E-state index < -0.39 is 12.0 Å². The average Bonchev–Trinajstić information content (AvgIpc) is 2.76. The lowest BCUT2D eigenvalue weighted by Gasteiger charge is -2.18. The van der Waals surface area contributed by atoms with Crippen LogP contribution in [0.15, 0.2) is 18.2 Å². The molecule has 0 aliphatic heterocycles. The van der Waals surface area contributed by atoms with Crippen LogP contribution >= 0.6 is 0 Å². The van der Waals surface area contributed by atoms with Gasteiger partial charge >= 0.3 is 5.97 Å². The van der Waals surface area contributed by atoms with Crippen LogP contribution in [-0.4, -0.2) is 39.6 Å². The van der Waals surface area contributed by atoms with Gasteiger partial charge in [0, 0.05) is 0 Å². The topological polar surface area (TPSA) is 58.4 Å². The predicted octanol–water partition coefficient (Wildman–Crippen LogP) is 2.70. The van der Waals surface area contributed by atoms with Crippen molar-refractivity contribution in [2.24, 2.45) is 0 Å². The molecule has 1 heterocycles. The van der Waals surface area contributed by atoms with Crippen molar-refractivity contribution in [3.63, 3.8) is 0 Å². The van der Waals surface area contributed by atoms with Gasteiger partial charge in [0.05, 0.1) is 17.6 Å². The molecule has 5 heteroatoms. The van der Waals surface area contributed by atoms with Crippen LogP contribution in [-0.2, 0) is 17.8 Å². The zero-order valence-corrected chi connectivity index (χ0v) is 13.1. The lowest BCUT2D eigenvalue weighted by Crippen LogP contribution is -2.23. The Morgan fingerprint density at radius 3 is 2.62 bits per heavy atom. The Labute approximate surface area is 125 Å². The van der Waals surface area contributed by atoms with E-state index in [9.17, 15) is 9.90 Å². The van der Waals surface area contributed by atoms with Gasteiger partial charge in [-0.15, -0.1) is 0 Å². The summed E-state index contributed by atoms with van der Waals surface area (Å²) in [6.45, 7) is 4.62. The van der Waals surface area contributed by atoms with Crippen LogP contribution in [0.5, 0.6) is 0 Å². The van der Waals surface area contributed by atoms with Gasteiger partial charge in [0.25, 0.3) is 0 Å². The quantitative estimate of drug-likeness (QED) is 0.888. The molecule has 0 fully saturated rings. The molecule has 0 aliphatic carbocycles. The third kappa shape index (κ3) is 3.08. The van der Waals surface area contributed by atoms with Crippen LogP contribution in [0, 0.1) is 0 Å². The smallest absolute Gasteiger partial charge is 0.326 e. The standard InChI is InChI=1S/C16H23N3O2/c1-5-11-7-8-14-12(9-11)17-15(10-18(3)4)19(14)13(6-2)16(20)21/h7-9,13H,5-6,10H2,1-4H3,(H,20,21). The largest absolute Gasteiger partial charge is 0.480 e. The number of aromatic nitrogens is 2. The zero-order valence-electron chi connectivity index (χ0n) is 13.1. The first-order valence-electron chi connectivity index (χ1n) is 7.35. The van der Waals surface area contributed by atoms with Crippen molar-refractivity contribution in [3.05, 3.63) is 29.6 Å². The van der Waals surface area contributed by atoms with Crippen molar-refractivity contribution in [2.45, 2.75) is 39.3 Å². The van der Waals surface area contributed by atoms with E-state index in [0.29, 0.717) is 13.0 Å². The fourth-order valence-corrected chi connectivity index (χ4v) is 2.62. The Balaban J connectivity index is 2.65. The molecular formula is C16H23N3O2. The molecule has 0 saturated carbocycles. The monoisotopic (exact) mass is 289 g/mol. The number of aryl methyl sites for hydroxylation is 1. The minimum absolute atomic E-state index is 0.538. The Hall–Kier alpha value is -1.88. The Kier molecular flexibility index (Phi) is 4.63. The molecule has 0 amide bonds. The first kappa shape index (κ1) is 15.5. The summed E-state index contributed by atoms with van der Waals surface area (Å²) >= 11 is 0. The van der Waals surface area contributed by atoms with Crippen molar-refractivity contribution >= 4 is 17.0 Å². The highest BCUT2D eigenvalue weighted by molar-refractivity contribution is 5.81. The molecule has 0 radical (unpaired) electrons. The van der Waals surface area contributed by atoms with Gasteiger partial charge in [-0.25, -0.2) is 9.78 Å². The van der Waals surface area contributed by atoms with Crippen LogP contribution in [0.2, 0.25) is 0 Å². The second-order valence-electron chi connectivity index (χ2n) is 5.57. The summed E-state index contributed by atoms with van der Waals surface area (Å²) in [6.07, 6.45) is 1.48. The highest BCUT2D eigenvalue weighted by Crippen LogP contribution is 2.25. The van der Waals surface area contributed by atoms with Crippen molar-refractivity contribution in [1.82, 2.24) is 14.5 Å². The molecule has 21 heavy (non-hydrogen) atoms. The van der Waals surface area contributed by atoms with E-state index in [0.717, 1.165) is 23.3 Å². The molecule has 0 bridgehead atoms. The summed E-state index contributed by atoms with van der Waals surface area (Å²) in [5, 5.41) is 9.50. The first-order chi connectivity index (χ1) is 9.97. The summed E-state index contributed by atoms with van der Waals surface area (Å²) in [5.74, 6) is -0.00567. The van der Waals surface area contributed by atoms with E-state index in [-0.39, 0.29) is 0 Å². The lowest BCUT2D eigenvalue weighted by atomic mass is 10.1. The first-order valence-corrected chi connectivity index (χ1v) is 7.35. The Morgan fingerprint density at radius 2 is 2.10 bits per heavy atom. The molecule has 1 aromatic carbocycles. The molecule has 2 aromatic rings. The van der Waals surface area contributed by atoms with Crippen molar-refractivity contribution < 1.29 is 9.90 Å². The highest BCUT2D eigenvalue weighted by atomic mass is 16.4. The zero-order chi connectivity index (χ0) is 15.6. The number of carboxylic acid groups (broad SMARTS) is 1. The molecule has 0 saturated heterocycles. The fourth-order valence-electron chi connectivity index (χ4n) is 2.62. The predicted molar refractivity (Wildman–Crippen MR) is 83.5 cm³/mol. The third-order valence-electron chi connectivity index (χ3n) is 3.68. The van der Waals surface area contributed by atoms with Gasteiger partial charge in [0.1, 0.15) is 11.9 Å². The van der Waals surface area contributed by atoms with Gasteiger partial charge in [-0.3, -0.25) is 0 Å². The number of benzene rings is 1. The SMILES string of the molecule is CCc1ccc2c(c1)nc(CN(C)C)n2C(CC)C(=O)O. The normalized spacial score (nSPS) is 13.0. The molecule has 0 aliphatic rings. The van der Waals surface area contributed by atoms with E-state index in [1.54, 1.807) is 0 Å². The van der Waals surface area contributed by atoms with Crippen LogP contribution < -0.4 is 0 Å². The van der Waals surface area contributed by atoms with Gasteiger partial charge in [0.2, 0.25) is 0 Å². The number of imidazole rings is 1. The van der Waals surface area contributed by atoms with Gasteiger partial charge in [0.15, 0.2) is 0 Å².